The highest BCUT2D eigenvalue weighted by atomic mass is 15.7. The van der Waals surface area contributed by atoms with Crippen LogP contribution in [0.5, 0.6) is 0 Å². The summed E-state index contributed by atoms with van der Waals surface area (Å²) >= 11 is 0. The Morgan fingerprint density at radius 2 is 1.66 bits per heavy atom. The Morgan fingerprint density at radius 3 is 2.41 bits per heavy atom. The van der Waals surface area contributed by atoms with E-state index in [4.69, 9.17) is 0 Å². The van der Waals surface area contributed by atoms with Crippen LogP contribution in [0, 0.1) is 0 Å². The molecule has 5 rings (SSSR count). The van der Waals surface area contributed by atoms with Gasteiger partial charge in [-0.05, 0) is 48.9 Å². The Labute approximate surface area is 186 Å². The summed E-state index contributed by atoms with van der Waals surface area (Å²) in [5.74, 6) is 1.29. The number of para-hydroxylation sites is 1. The zero-order valence-electron chi connectivity index (χ0n) is 17.4. The third kappa shape index (κ3) is 4.19. The van der Waals surface area contributed by atoms with Crippen LogP contribution < -0.4 is 21.4 Å². The second-order valence-corrected chi connectivity index (χ2v) is 7.50. The van der Waals surface area contributed by atoms with E-state index in [0.717, 1.165) is 30.3 Å². The number of hydrogen-bond donors (Lipinski definition) is 5. The molecule has 162 valence electrons. The average molecular weight is 428 g/mol. The lowest BCUT2D eigenvalue weighted by atomic mass is 10.1. The largest absolute Gasteiger partial charge is 0.377 e. The highest BCUT2D eigenvalue weighted by Crippen LogP contribution is 2.33. The maximum atomic E-state index is 4.52. The van der Waals surface area contributed by atoms with Gasteiger partial charge in [-0.25, -0.2) is 15.0 Å². The van der Waals surface area contributed by atoms with E-state index >= 15 is 0 Å². The van der Waals surface area contributed by atoms with Crippen molar-refractivity contribution in [3.63, 3.8) is 0 Å². The van der Waals surface area contributed by atoms with Crippen LogP contribution in [-0.2, 0) is 0 Å². The molecule has 32 heavy (non-hydrogen) atoms. The molecule has 3 aromatic heterocycles. The summed E-state index contributed by atoms with van der Waals surface area (Å²) in [7, 11) is 0. The summed E-state index contributed by atoms with van der Waals surface area (Å²) in [4.78, 5) is 16.6. The lowest BCUT2D eigenvalue weighted by molar-refractivity contribution is 0.223. The third-order valence-electron chi connectivity index (χ3n) is 5.39. The summed E-state index contributed by atoms with van der Waals surface area (Å²) in [6, 6.07) is 21.7. The summed E-state index contributed by atoms with van der Waals surface area (Å²) in [6.45, 7) is 0.753. The molecule has 1 saturated heterocycles. The van der Waals surface area contributed by atoms with Gasteiger partial charge in [-0.1, -0.05) is 24.3 Å². The first kappa shape index (κ1) is 19.8. The fourth-order valence-corrected chi connectivity index (χ4v) is 3.94. The van der Waals surface area contributed by atoms with Gasteiger partial charge in [0, 0.05) is 37.0 Å². The van der Waals surface area contributed by atoms with Gasteiger partial charge in [-0.3, -0.25) is 0 Å². The Balaban J connectivity index is 1.55. The smallest absolute Gasteiger partial charge is 0.225 e. The molecule has 0 aliphatic carbocycles. The van der Waals surface area contributed by atoms with E-state index < -0.39 is 5.79 Å². The summed E-state index contributed by atoms with van der Waals surface area (Å²) in [6.07, 6.45) is 7.95. The monoisotopic (exact) mass is 427 g/mol. The molecule has 1 aliphatic rings. The first-order valence-corrected chi connectivity index (χ1v) is 10.6. The number of rotatable bonds is 8. The quantitative estimate of drug-likeness (QED) is 0.272. The molecule has 1 aliphatic heterocycles. The third-order valence-corrected chi connectivity index (χ3v) is 5.39. The number of benzene rings is 1. The minimum atomic E-state index is -0.837. The van der Waals surface area contributed by atoms with Crippen molar-refractivity contribution in [1.82, 2.24) is 24.9 Å². The van der Waals surface area contributed by atoms with E-state index in [0.29, 0.717) is 5.95 Å². The van der Waals surface area contributed by atoms with Crippen molar-refractivity contribution in [2.75, 3.05) is 27.9 Å². The number of anilines is 4. The van der Waals surface area contributed by atoms with Crippen LogP contribution in [0.1, 0.15) is 6.42 Å². The van der Waals surface area contributed by atoms with Gasteiger partial charge in [0.15, 0.2) is 0 Å². The lowest BCUT2D eigenvalue weighted by Gasteiger charge is -2.43. The minimum absolute atomic E-state index is 0.0572. The molecule has 1 aromatic carbocycles. The first-order chi connectivity index (χ1) is 15.8. The second-order valence-electron chi connectivity index (χ2n) is 7.50. The van der Waals surface area contributed by atoms with E-state index in [1.54, 1.807) is 24.7 Å². The van der Waals surface area contributed by atoms with Crippen molar-refractivity contribution in [3.8, 4) is 0 Å². The zero-order valence-corrected chi connectivity index (χ0v) is 17.4. The van der Waals surface area contributed by atoms with Crippen LogP contribution in [-0.4, -0.2) is 43.3 Å². The van der Waals surface area contributed by atoms with Crippen molar-refractivity contribution in [3.05, 3.63) is 91.5 Å². The molecule has 0 bridgehead atoms. The maximum absolute atomic E-state index is 4.52. The van der Waals surface area contributed by atoms with Crippen LogP contribution in [0.3, 0.4) is 0 Å². The average Bonchev–Trinajstić information content (AvgIpc) is 3.46. The minimum Gasteiger partial charge on any atom is -0.377 e. The van der Waals surface area contributed by atoms with Crippen molar-refractivity contribution in [2.45, 2.75) is 18.2 Å². The molecule has 0 spiro atoms. The van der Waals surface area contributed by atoms with E-state index in [9.17, 15) is 0 Å². The molecule has 9 nitrogen and oxygen atoms in total. The Hall–Kier alpha value is -4.11. The van der Waals surface area contributed by atoms with Crippen LogP contribution >= 0.6 is 0 Å². The lowest BCUT2D eigenvalue weighted by Crippen LogP contribution is -2.65. The van der Waals surface area contributed by atoms with Gasteiger partial charge in [0.05, 0.1) is 6.04 Å². The maximum Gasteiger partial charge on any atom is 0.225 e. The number of nitrogens with one attached hydrogen (secondary N) is 5. The van der Waals surface area contributed by atoms with Gasteiger partial charge >= 0.3 is 0 Å². The van der Waals surface area contributed by atoms with Crippen molar-refractivity contribution in [1.29, 1.82) is 0 Å². The standard InChI is InChI=1S/C23H25N9/c1-2-8-18(9-3-1)28-19-12-17-32(31-21-11-6-14-25-21)23(19,29-20-10-4-5-13-24-20)30-22-26-15-7-16-27-22/h1-11,13-16,19,25,28,31H,12,17H2,(H,24,29)(H,26,27,30). The Bertz CT molecular complexity index is 1050. The van der Waals surface area contributed by atoms with Gasteiger partial charge in [0.25, 0.3) is 0 Å². The normalized spacial score (nSPS) is 20.6. The number of pyridine rings is 1. The van der Waals surface area contributed by atoms with E-state index in [-0.39, 0.29) is 6.04 Å². The molecular weight excluding hydrogens is 402 g/mol. The summed E-state index contributed by atoms with van der Waals surface area (Å²) in [5, 5.41) is 13.0. The number of nitrogens with zero attached hydrogens (tertiary/aromatic N) is 4. The number of hydrazine groups is 1. The predicted octanol–water partition coefficient (Wildman–Crippen LogP) is 3.59. The van der Waals surface area contributed by atoms with Gasteiger partial charge < -0.3 is 26.4 Å². The number of hydrogen-bond acceptors (Lipinski definition) is 8. The Morgan fingerprint density at radius 1 is 0.844 bits per heavy atom. The molecule has 2 unspecified atom stereocenters. The number of aromatic amines is 1. The molecule has 0 radical (unpaired) electrons. The SMILES string of the molecule is c1ccc(NC2CCN(Nc3ccc[nH]3)C2(Nc2ccccn2)Nc2ncccn2)cc1. The van der Waals surface area contributed by atoms with Crippen molar-refractivity contribution >= 4 is 23.3 Å². The predicted molar refractivity (Wildman–Crippen MR) is 126 cm³/mol. The van der Waals surface area contributed by atoms with Gasteiger partial charge in [0.1, 0.15) is 11.6 Å². The van der Waals surface area contributed by atoms with E-state index in [1.165, 1.54) is 0 Å². The van der Waals surface area contributed by atoms with E-state index in [1.807, 2.05) is 54.7 Å². The highest BCUT2D eigenvalue weighted by Gasteiger charge is 2.51. The zero-order chi connectivity index (χ0) is 21.6. The van der Waals surface area contributed by atoms with Crippen molar-refractivity contribution in [2.24, 2.45) is 0 Å². The van der Waals surface area contributed by atoms with Crippen LogP contribution in [0.4, 0.5) is 23.3 Å². The van der Waals surface area contributed by atoms with Crippen LogP contribution in [0.25, 0.3) is 0 Å². The topological polar surface area (TPSA) is 106 Å². The fourth-order valence-electron chi connectivity index (χ4n) is 3.94. The molecule has 5 N–H and O–H groups in total. The van der Waals surface area contributed by atoms with Crippen LogP contribution in [0.2, 0.25) is 0 Å². The number of aromatic nitrogens is 4. The molecule has 0 amide bonds. The molecule has 9 heteroatoms. The Kier molecular flexibility index (Phi) is 5.54. The van der Waals surface area contributed by atoms with Gasteiger partial charge in [-0.2, -0.15) is 5.01 Å². The van der Waals surface area contributed by atoms with Crippen LogP contribution in [0.15, 0.2) is 91.5 Å². The molecule has 2 atom stereocenters. The van der Waals surface area contributed by atoms with E-state index in [2.05, 4.69) is 58.5 Å². The van der Waals surface area contributed by atoms with Gasteiger partial charge in [-0.15, -0.1) is 0 Å². The highest BCUT2D eigenvalue weighted by molar-refractivity contribution is 5.51. The number of H-pyrrole nitrogens is 1. The van der Waals surface area contributed by atoms with Gasteiger partial charge in [0.2, 0.25) is 11.7 Å². The molecule has 1 fully saturated rings. The summed E-state index contributed by atoms with van der Waals surface area (Å²) < 4.78 is 0. The van der Waals surface area contributed by atoms with Crippen molar-refractivity contribution < 1.29 is 0 Å². The molecule has 0 saturated carbocycles. The molecular formula is C23H25N9. The first-order valence-electron chi connectivity index (χ1n) is 10.6. The second kappa shape index (κ2) is 8.94. The molecule has 4 aromatic rings. The fraction of sp³-hybridized carbons (Fsp3) is 0.174. The summed E-state index contributed by atoms with van der Waals surface area (Å²) in [5.41, 5.74) is 4.53. The molecule has 4 heterocycles.